The molecule has 0 spiro atoms. The minimum Gasteiger partial charge on any atom is -0.378 e. The smallest absolute Gasteiger partial charge is 0.0565 e. The Labute approximate surface area is 125 Å². The maximum absolute atomic E-state index is 6.28. The van der Waals surface area contributed by atoms with Crippen molar-refractivity contribution >= 4 is 0 Å². The molecule has 2 N–H and O–H groups in total. The molecule has 1 saturated heterocycles. The van der Waals surface area contributed by atoms with E-state index in [1.165, 1.54) is 38.6 Å². The summed E-state index contributed by atoms with van der Waals surface area (Å²) in [4.78, 5) is 2.80. The van der Waals surface area contributed by atoms with Crippen molar-refractivity contribution in [3.05, 3.63) is 0 Å². The second-order valence-electron chi connectivity index (χ2n) is 7.38. The third kappa shape index (κ3) is 3.75. The van der Waals surface area contributed by atoms with Crippen molar-refractivity contribution in [2.45, 2.75) is 83.4 Å². The zero-order valence-electron chi connectivity index (χ0n) is 13.7. The minimum atomic E-state index is 0.196. The Bertz CT molecular complexity index is 289. The number of hydrogen-bond acceptors (Lipinski definition) is 3. The van der Waals surface area contributed by atoms with Crippen LogP contribution in [0.5, 0.6) is 0 Å². The molecular weight excluding hydrogens is 248 g/mol. The summed E-state index contributed by atoms with van der Waals surface area (Å²) in [7, 11) is 0. The molecule has 0 aromatic carbocycles. The number of rotatable bonds is 6. The third-order valence-corrected chi connectivity index (χ3v) is 5.34. The van der Waals surface area contributed by atoms with Crippen molar-refractivity contribution in [1.29, 1.82) is 0 Å². The van der Waals surface area contributed by atoms with Crippen LogP contribution in [0.4, 0.5) is 0 Å². The summed E-state index contributed by atoms with van der Waals surface area (Å²) >= 11 is 0. The summed E-state index contributed by atoms with van der Waals surface area (Å²) in [6, 6.07) is 0.766. The Morgan fingerprint density at radius 3 is 2.55 bits per heavy atom. The second kappa shape index (κ2) is 7.24. The molecule has 1 heterocycles. The van der Waals surface area contributed by atoms with Gasteiger partial charge in [0.15, 0.2) is 0 Å². The van der Waals surface area contributed by atoms with Crippen LogP contribution in [0.3, 0.4) is 0 Å². The molecule has 20 heavy (non-hydrogen) atoms. The molecule has 0 amide bonds. The molecule has 1 aliphatic carbocycles. The van der Waals surface area contributed by atoms with Crippen LogP contribution in [0.15, 0.2) is 0 Å². The van der Waals surface area contributed by atoms with Crippen LogP contribution in [-0.4, -0.2) is 42.3 Å². The van der Waals surface area contributed by atoms with Crippen molar-refractivity contribution < 1.29 is 4.74 Å². The summed E-state index contributed by atoms with van der Waals surface area (Å²) in [5.74, 6) is 0.769. The van der Waals surface area contributed by atoms with Gasteiger partial charge in [-0.15, -0.1) is 0 Å². The van der Waals surface area contributed by atoms with Gasteiger partial charge in [-0.05, 0) is 51.5 Å². The molecular formula is C17H34N2O. The summed E-state index contributed by atoms with van der Waals surface area (Å²) in [5.41, 5.74) is 6.47. The van der Waals surface area contributed by atoms with Crippen LogP contribution in [0.25, 0.3) is 0 Å². The van der Waals surface area contributed by atoms with Gasteiger partial charge < -0.3 is 10.5 Å². The number of nitrogens with zero attached hydrogens (tertiary/aromatic N) is 1. The van der Waals surface area contributed by atoms with E-state index in [9.17, 15) is 0 Å². The second-order valence-corrected chi connectivity index (χ2v) is 7.38. The molecule has 0 aromatic rings. The van der Waals surface area contributed by atoms with Crippen LogP contribution < -0.4 is 5.73 Å². The van der Waals surface area contributed by atoms with Gasteiger partial charge >= 0.3 is 0 Å². The van der Waals surface area contributed by atoms with Gasteiger partial charge in [-0.1, -0.05) is 26.7 Å². The van der Waals surface area contributed by atoms with Crippen LogP contribution in [-0.2, 0) is 4.74 Å². The average Bonchev–Trinajstić information content (AvgIpc) is 2.92. The zero-order chi connectivity index (χ0) is 14.6. The van der Waals surface area contributed by atoms with Gasteiger partial charge in [0.05, 0.1) is 6.10 Å². The molecule has 2 aliphatic rings. The first kappa shape index (κ1) is 16.3. The van der Waals surface area contributed by atoms with Crippen molar-refractivity contribution in [1.82, 2.24) is 4.90 Å². The Kier molecular flexibility index (Phi) is 5.88. The third-order valence-electron chi connectivity index (χ3n) is 5.34. The van der Waals surface area contributed by atoms with Gasteiger partial charge in [0, 0.05) is 24.7 Å². The normalized spacial score (nSPS) is 32.4. The summed E-state index contributed by atoms with van der Waals surface area (Å²) in [6.45, 7) is 9.74. The Balaban J connectivity index is 2.12. The lowest BCUT2D eigenvalue weighted by molar-refractivity contribution is -0.0780. The van der Waals surface area contributed by atoms with Gasteiger partial charge in [-0.25, -0.2) is 0 Å². The molecule has 3 nitrogen and oxygen atoms in total. The lowest BCUT2D eigenvalue weighted by atomic mass is 9.83. The van der Waals surface area contributed by atoms with E-state index in [0.717, 1.165) is 38.0 Å². The van der Waals surface area contributed by atoms with Crippen molar-refractivity contribution in [2.75, 3.05) is 19.7 Å². The fraction of sp³-hybridized carbons (Fsp3) is 1.00. The highest BCUT2D eigenvalue weighted by atomic mass is 16.5. The lowest BCUT2D eigenvalue weighted by Crippen LogP contribution is -2.61. The topological polar surface area (TPSA) is 38.5 Å². The minimum absolute atomic E-state index is 0.196. The Morgan fingerprint density at radius 2 is 2.00 bits per heavy atom. The van der Waals surface area contributed by atoms with E-state index < -0.39 is 0 Å². The van der Waals surface area contributed by atoms with E-state index in [1.54, 1.807) is 0 Å². The largest absolute Gasteiger partial charge is 0.378 e. The van der Waals surface area contributed by atoms with Crippen LogP contribution >= 0.6 is 0 Å². The predicted octanol–water partition coefficient (Wildman–Crippen LogP) is 3.17. The Hall–Kier alpha value is -0.120. The van der Waals surface area contributed by atoms with Crippen LogP contribution in [0.1, 0.15) is 65.7 Å². The number of hydrogen-bond donors (Lipinski definition) is 1. The molecule has 3 heteroatoms. The molecule has 118 valence electrons. The molecule has 0 radical (unpaired) electrons. The van der Waals surface area contributed by atoms with E-state index in [2.05, 4.69) is 25.7 Å². The first-order valence-corrected chi connectivity index (χ1v) is 8.66. The van der Waals surface area contributed by atoms with Crippen molar-refractivity contribution in [3.63, 3.8) is 0 Å². The highest BCUT2D eigenvalue weighted by molar-refractivity contribution is 4.99. The quantitative estimate of drug-likeness (QED) is 0.813. The molecule has 2 fully saturated rings. The van der Waals surface area contributed by atoms with Crippen molar-refractivity contribution in [2.24, 2.45) is 11.7 Å². The first-order chi connectivity index (χ1) is 9.57. The summed E-state index contributed by atoms with van der Waals surface area (Å²) < 4.78 is 5.79. The highest BCUT2D eigenvalue weighted by Crippen LogP contribution is 2.36. The van der Waals surface area contributed by atoms with Gasteiger partial charge in [0.25, 0.3) is 0 Å². The standard InChI is InChI=1S/C17H34N2O/c1-14(2)8-10-19(16-6-4-5-7-16)17(13-18)9-11-20-15(3)12-17/h14-16H,4-13,18H2,1-3H3. The monoisotopic (exact) mass is 282 g/mol. The van der Waals surface area contributed by atoms with E-state index in [1.807, 2.05) is 0 Å². The molecule has 2 atom stereocenters. The SMILES string of the molecule is CC(C)CCN(C1CCCC1)C1(CN)CCOC(C)C1. The summed E-state index contributed by atoms with van der Waals surface area (Å²) in [5, 5.41) is 0. The van der Waals surface area contributed by atoms with E-state index in [4.69, 9.17) is 10.5 Å². The molecule has 2 rings (SSSR count). The van der Waals surface area contributed by atoms with Crippen molar-refractivity contribution in [3.8, 4) is 0 Å². The fourth-order valence-electron chi connectivity index (χ4n) is 4.13. The van der Waals surface area contributed by atoms with Crippen LogP contribution in [0, 0.1) is 5.92 Å². The molecule has 0 bridgehead atoms. The molecule has 1 aliphatic heterocycles. The lowest BCUT2D eigenvalue weighted by Gasteiger charge is -2.50. The van der Waals surface area contributed by atoms with Gasteiger partial charge in [-0.2, -0.15) is 0 Å². The number of nitrogens with two attached hydrogens (primary N) is 1. The summed E-state index contributed by atoms with van der Waals surface area (Å²) in [6.07, 6.45) is 9.40. The number of ether oxygens (including phenoxy) is 1. The highest BCUT2D eigenvalue weighted by Gasteiger charge is 2.42. The van der Waals surface area contributed by atoms with Gasteiger partial charge in [0.2, 0.25) is 0 Å². The Morgan fingerprint density at radius 1 is 1.30 bits per heavy atom. The fourth-order valence-corrected chi connectivity index (χ4v) is 4.13. The molecule has 2 unspecified atom stereocenters. The average molecular weight is 282 g/mol. The van der Waals surface area contributed by atoms with E-state index >= 15 is 0 Å². The predicted molar refractivity (Wildman–Crippen MR) is 84.9 cm³/mol. The zero-order valence-corrected chi connectivity index (χ0v) is 13.7. The van der Waals surface area contributed by atoms with E-state index in [0.29, 0.717) is 6.10 Å². The van der Waals surface area contributed by atoms with Gasteiger partial charge in [0.1, 0.15) is 0 Å². The molecule has 1 saturated carbocycles. The maximum atomic E-state index is 6.28. The maximum Gasteiger partial charge on any atom is 0.0565 e. The van der Waals surface area contributed by atoms with E-state index in [-0.39, 0.29) is 5.54 Å². The van der Waals surface area contributed by atoms with Gasteiger partial charge in [-0.3, -0.25) is 4.90 Å². The van der Waals surface area contributed by atoms with Crippen LogP contribution in [0.2, 0.25) is 0 Å². The first-order valence-electron chi connectivity index (χ1n) is 8.66. The molecule has 0 aromatic heterocycles.